The highest BCUT2D eigenvalue weighted by Gasteiger charge is 1.98. The summed E-state index contributed by atoms with van der Waals surface area (Å²) in [6.45, 7) is 2.81. The molecule has 0 aliphatic heterocycles. The SMILES string of the molecule is CCCOc1ccc(CCC(N)=O)cc1. The number of rotatable bonds is 6. The van der Waals surface area contributed by atoms with Crippen LogP contribution in [0.4, 0.5) is 0 Å². The van der Waals surface area contributed by atoms with Crippen molar-refractivity contribution in [1.82, 2.24) is 0 Å². The number of hydrogen-bond donors (Lipinski definition) is 1. The molecule has 1 aromatic carbocycles. The van der Waals surface area contributed by atoms with E-state index in [0.717, 1.165) is 24.3 Å². The first kappa shape index (κ1) is 11.6. The van der Waals surface area contributed by atoms with Gasteiger partial charge in [-0.25, -0.2) is 0 Å². The summed E-state index contributed by atoms with van der Waals surface area (Å²) in [5.74, 6) is 0.612. The summed E-state index contributed by atoms with van der Waals surface area (Å²) in [5.41, 5.74) is 6.18. The number of carbonyl (C=O) groups excluding carboxylic acids is 1. The molecule has 3 heteroatoms. The molecule has 0 unspecified atom stereocenters. The molecule has 0 spiro atoms. The highest BCUT2D eigenvalue weighted by atomic mass is 16.5. The topological polar surface area (TPSA) is 52.3 Å². The van der Waals surface area contributed by atoms with Gasteiger partial charge in [0.15, 0.2) is 0 Å². The van der Waals surface area contributed by atoms with E-state index in [2.05, 4.69) is 6.92 Å². The van der Waals surface area contributed by atoms with Crippen molar-refractivity contribution < 1.29 is 9.53 Å². The molecule has 0 heterocycles. The predicted octanol–water partition coefficient (Wildman–Crippen LogP) is 1.89. The molecule has 0 aliphatic rings. The Morgan fingerprint density at radius 3 is 2.53 bits per heavy atom. The number of ether oxygens (including phenoxy) is 1. The van der Waals surface area contributed by atoms with Crippen molar-refractivity contribution in [3.05, 3.63) is 29.8 Å². The summed E-state index contributed by atoms with van der Waals surface area (Å²) in [6, 6.07) is 7.78. The van der Waals surface area contributed by atoms with Crippen molar-refractivity contribution in [2.45, 2.75) is 26.2 Å². The van der Waals surface area contributed by atoms with Gasteiger partial charge in [-0.2, -0.15) is 0 Å². The van der Waals surface area contributed by atoms with Crippen LogP contribution in [0.2, 0.25) is 0 Å². The summed E-state index contributed by atoms with van der Waals surface area (Å²) < 4.78 is 5.44. The van der Waals surface area contributed by atoms with Crippen LogP contribution in [-0.4, -0.2) is 12.5 Å². The van der Waals surface area contributed by atoms with Gasteiger partial charge in [-0.15, -0.1) is 0 Å². The quantitative estimate of drug-likeness (QED) is 0.774. The molecule has 3 nitrogen and oxygen atoms in total. The number of amides is 1. The number of nitrogens with two attached hydrogens (primary N) is 1. The van der Waals surface area contributed by atoms with Crippen LogP contribution in [0.5, 0.6) is 5.75 Å². The minimum atomic E-state index is -0.263. The van der Waals surface area contributed by atoms with Crippen molar-refractivity contribution in [2.24, 2.45) is 5.73 Å². The molecule has 0 saturated heterocycles. The van der Waals surface area contributed by atoms with Gasteiger partial charge in [-0.3, -0.25) is 4.79 Å². The molecule has 0 fully saturated rings. The number of carbonyl (C=O) groups is 1. The van der Waals surface area contributed by atoms with Gasteiger partial charge in [0.2, 0.25) is 5.91 Å². The van der Waals surface area contributed by atoms with E-state index >= 15 is 0 Å². The van der Waals surface area contributed by atoms with Crippen molar-refractivity contribution >= 4 is 5.91 Å². The standard InChI is InChI=1S/C12H17NO2/c1-2-9-15-11-6-3-10(4-7-11)5-8-12(13)14/h3-4,6-7H,2,5,8-9H2,1H3,(H2,13,14). The Kier molecular flexibility index (Phi) is 4.68. The average Bonchev–Trinajstić information content (AvgIpc) is 2.25. The Morgan fingerprint density at radius 1 is 1.33 bits per heavy atom. The van der Waals surface area contributed by atoms with E-state index in [4.69, 9.17) is 10.5 Å². The van der Waals surface area contributed by atoms with Gasteiger partial charge in [0.25, 0.3) is 0 Å². The lowest BCUT2D eigenvalue weighted by atomic mass is 10.1. The van der Waals surface area contributed by atoms with Crippen LogP contribution in [0.15, 0.2) is 24.3 Å². The van der Waals surface area contributed by atoms with E-state index in [1.54, 1.807) is 0 Å². The first-order valence-corrected chi connectivity index (χ1v) is 5.22. The molecular formula is C12H17NO2. The molecule has 1 amide bonds. The molecule has 0 atom stereocenters. The molecule has 2 N–H and O–H groups in total. The van der Waals surface area contributed by atoms with Crippen LogP contribution >= 0.6 is 0 Å². The lowest BCUT2D eigenvalue weighted by Crippen LogP contribution is -2.11. The van der Waals surface area contributed by atoms with Crippen LogP contribution in [-0.2, 0) is 11.2 Å². The Labute approximate surface area is 90.2 Å². The van der Waals surface area contributed by atoms with Gasteiger partial charge < -0.3 is 10.5 Å². The third-order valence-electron chi connectivity index (χ3n) is 2.06. The highest BCUT2D eigenvalue weighted by Crippen LogP contribution is 2.13. The van der Waals surface area contributed by atoms with Gasteiger partial charge >= 0.3 is 0 Å². The third kappa shape index (κ3) is 4.49. The Hall–Kier alpha value is -1.51. The normalized spacial score (nSPS) is 9.93. The van der Waals surface area contributed by atoms with E-state index in [1.165, 1.54) is 0 Å². The lowest BCUT2D eigenvalue weighted by Gasteiger charge is -2.05. The van der Waals surface area contributed by atoms with Crippen molar-refractivity contribution in [3.63, 3.8) is 0 Å². The average molecular weight is 207 g/mol. The predicted molar refractivity (Wildman–Crippen MR) is 59.7 cm³/mol. The molecule has 1 rings (SSSR count). The van der Waals surface area contributed by atoms with E-state index in [0.29, 0.717) is 12.8 Å². The van der Waals surface area contributed by atoms with Crippen molar-refractivity contribution in [3.8, 4) is 5.75 Å². The number of benzene rings is 1. The van der Waals surface area contributed by atoms with Crippen LogP contribution in [0.1, 0.15) is 25.3 Å². The number of primary amides is 1. The maximum atomic E-state index is 10.6. The van der Waals surface area contributed by atoms with Crippen molar-refractivity contribution in [2.75, 3.05) is 6.61 Å². The first-order chi connectivity index (χ1) is 7.22. The first-order valence-electron chi connectivity index (χ1n) is 5.22. The number of aryl methyl sites for hydroxylation is 1. The molecule has 0 bridgehead atoms. The van der Waals surface area contributed by atoms with Gasteiger partial charge in [-0.1, -0.05) is 19.1 Å². The maximum Gasteiger partial charge on any atom is 0.217 e. The van der Waals surface area contributed by atoms with E-state index in [1.807, 2.05) is 24.3 Å². The van der Waals surface area contributed by atoms with Crippen molar-refractivity contribution in [1.29, 1.82) is 0 Å². The minimum Gasteiger partial charge on any atom is -0.494 e. The molecule has 1 aromatic rings. The van der Waals surface area contributed by atoms with Gasteiger partial charge in [0.05, 0.1) is 6.61 Å². The Balaban J connectivity index is 2.45. The van der Waals surface area contributed by atoms with E-state index in [9.17, 15) is 4.79 Å². The summed E-state index contributed by atoms with van der Waals surface area (Å²) in [5, 5.41) is 0. The summed E-state index contributed by atoms with van der Waals surface area (Å²) in [4.78, 5) is 10.6. The summed E-state index contributed by atoms with van der Waals surface area (Å²) >= 11 is 0. The second-order valence-electron chi connectivity index (χ2n) is 3.46. The largest absolute Gasteiger partial charge is 0.494 e. The fourth-order valence-corrected chi connectivity index (χ4v) is 1.24. The van der Waals surface area contributed by atoms with Crippen LogP contribution in [0.25, 0.3) is 0 Å². The molecule has 0 saturated carbocycles. The van der Waals surface area contributed by atoms with Gasteiger partial charge in [-0.05, 0) is 30.5 Å². The molecule has 0 aliphatic carbocycles. The second kappa shape index (κ2) is 6.06. The third-order valence-corrected chi connectivity index (χ3v) is 2.06. The maximum absolute atomic E-state index is 10.6. The zero-order valence-electron chi connectivity index (χ0n) is 9.03. The van der Waals surface area contributed by atoms with Gasteiger partial charge in [0, 0.05) is 6.42 Å². The smallest absolute Gasteiger partial charge is 0.217 e. The lowest BCUT2D eigenvalue weighted by molar-refractivity contribution is -0.117. The fraction of sp³-hybridized carbons (Fsp3) is 0.417. The van der Waals surface area contributed by atoms with Crippen LogP contribution in [0.3, 0.4) is 0 Å². The summed E-state index contributed by atoms with van der Waals surface area (Å²) in [6.07, 6.45) is 2.10. The van der Waals surface area contributed by atoms with E-state index < -0.39 is 0 Å². The summed E-state index contributed by atoms with van der Waals surface area (Å²) in [7, 11) is 0. The minimum absolute atomic E-state index is 0.263. The van der Waals surface area contributed by atoms with E-state index in [-0.39, 0.29) is 5.91 Å². The molecule has 82 valence electrons. The van der Waals surface area contributed by atoms with Crippen LogP contribution < -0.4 is 10.5 Å². The Bertz CT molecular complexity index is 306. The highest BCUT2D eigenvalue weighted by molar-refractivity contribution is 5.73. The van der Waals surface area contributed by atoms with Crippen LogP contribution in [0, 0.1) is 0 Å². The van der Waals surface area contributed by atoms with Gasteiger partial charge in [0.1, 0.15) is 5.75 Å². The Morgan fingerprint density at radius 2 is 2.00 bits per heavy atom. The monoisotopic (exact) mass is 207 g/mol. The molecular weight excluding hydrogens is 190 g/mol. The number of hydrogen-bond acceptors (Lipinski definition) is 2. The molecule has 0 aromatic heterocycles. The molecule has 15 heavy (non-hydrogen) atoms. The second-order valence-corrected chi connectivity index (χ2v) is 3.46. The zero-order valence-corrected chi connectivity index (χ0v) is 9.03. The molecule has 0 radical (unpaired) electrons. The zero-order chi connectivity index (χ0) is 11.1. The fourth-order valence-electron chi connectivity index (χ4n) is 1.24.